The highest BCUT2D eigenvalue weighted by Gasteiger charge is 2.55. The number of ether oxygens (including phenoxy) is 2. The molecule has 3 N–H and O–H groups in total. The Morgan fingerprint density at radius 3 is 2.60 bits per heavy atom. The number of carbonyl (C=O) groups excluding carboxylic acids is 1. The highest BCUT2D eigenvalue weighted by Crippen LogP contribution is 2.47. The first kappa shape index (κ1) is 26.7. The molecule has 0 aliphatic carbocycles. The number of carbonyl (C=O) groups is 1. The standard InChI is InChI=1S/C20H24F2N3O9P/c1-11(17(28)31-3)24-35(30,34-13-6-4-12(21)5-7-13)32-10-14-16(27)20(2,22)18(33-14)25-9-8-15(26)23-19(25)29/h4-9,11,14,16,18,27H,10H2,1-3H3,(H,24,30)(H,23,26,29)/t11-,14+,16+,18?,20+,35?/m0/s1. The Morgan fingerprint density at radius 2 is 2.00 bits per heavy atom. The number of hydrogen-bond donors (Lipinski definition) is 3. The van der Waals surface area contributed by atoms with Crippen LogP contribution in [0.15, 0.2) is 46.1 Å². The van der Waals surface area contributed by atoms with Crippen molar-refractivity contribution in [3.63, 3.8) is 0 Å². The van der Waals surface area contributed by atoms with Gasteiger partial charge < -0.3 is 19.1 Å². The monoisotopic (exact) mass is 519 g/mol. The molecular formula is C20H24F2N3O9P. The smallest absolute Gasteiger partial charge is 0.459 e. The average molecular weight is 519 g/mol. The fourth-order valence-corrected chi connectivity index (χ4v) is 4.83. The zero-order valence-electron chi connectivity index (χ0n) is 18.8. The lowest BCUT2D eigenvalue weighted by atomic mass is 9.98. The zero-order chi connectivity index (χ0) is 26.0. The van der Waals surface area contributed by atoms with Crippen LogP contribution in [0.25, 0.3) is 0 Å². The molecule has 2 aromatic rings. The van der Waals surface area contributed by atoms with E-state index in [1.165, 1.54) is 6.92 Å². The van der Waals surface area contributed by atoms with Crippen LogP contribution in [-0.2, 0) is 23.4 Å². The molecule has 1 aliphatic rings. The topological polar surface area (TPSA) is 158 Å². The van der Waals surface area contributed by atoms with Crippen molar-refractivity contribution in [2.75, 3.05) is 13.7 Å². The summed E-state index contributed by atoms with van der Waals surface area (Å²) in [5, 5.41) is 12.8. The number of nitrogens with one attached hydrogen (secondary N) is 2. The lowest BCUT2D eigenvalue weighted by molar-refractivity contribution is -0.142. The Balaban J connectivity index is 1.81. The highest BCUT2D eigenvalue weighted by molar-refractivity contribution is 7.52. The number of aliphatic hydroxyl groups excluding tert-OH is 1. The first-order valence-corrected chi connectivity index (χ1v) is 11.8. The maximum atomic E-state index is 15.4. The molecule has 2 heterocycles. The second-order valence-corrected chi connectivity index (χ2v) is 9.55. The van der Waals surface area contributed by atoms with Gasteiger partial charge in [0, 0.05) is 12.3 Å². The van der Waals surface area contributed by atoms with Gasteiger partial charge in [-0.3, -0.25) is 23.7 Å². The summed E-state index contributed by atoms with van der Waals surface area (Å²) >= 11 is 0. The number of alkyl halides is 1. The molecule has 3 rings (SSSR count). The van der Waals surface area contributed by atoms with Crippen molar-refractivity contribution in [1.82, 2.24) is 14.6 Å². The van der Waals surface area contributed by atoms with Crippen molar-refractivity contribution < 1.29 is 41.8 Å². The number of methoxy groups -OCH3 is 1. The Kier molecular flexibility index (Phi) is 7.92. The van der Waals surface area contributed by atoms with Gasteiger partial charge in [0.15, 0.2) is 11.9 Å². The summed E-state index contributed by atoms with van der Waals surface area (Å²) in [5.74, 6) is -1.47. The molecule has 35 heavy (non-hydrogen) atoms. The molecule has 0 saturated carbocycles. The average Bonchev–Trinajstić information content (AvgIpc) is 3.02. The van der Waals surface area contributed by atoms with E-state index in [9.17, 15) is 28.4 Å². The van der Waals surface area contributed by atoms with Crippen molar-refractivity contribution in [2.45, 2.75) is 44.0 Å². The SMILES string of the molecule is COC(=O)[C@H](C)NP(=O)(OC[C@H]1OC(n2ccc(=O)[nH]c2=O)[C@](C)(F)[C@@H]1O)Oc1ccc(F)cc1. The molecule has 0 bridgehead atoms. The largest absolute Gasteiger partial charge is 0.468 e. The van der Waals surface area contributed by atoms with Crippen LogP contribution in [0.4, 0.5) is 8.78 Å². The summed E-state index contributed by atoms with van der Waals surface area (Å²) in [7, 11) is -3.30. The van der Waals surface area contributed by atoms with E-state index in [1.807, 2.05) is 4.98 Å². The van der Waals surface area contributed by atoms with Gasteiger partial charge in [0.2, 0.25) is 0 Å². The van der Waals surface area contributed by atoms with Gasteiger partial charge in [-0.15, -0.1) is 0 Å². The van der Waals surface area contributed by atoms with Crippen molar-refractivity contribution in [2.24, 2.45) is 0 Å². The van der Waals surface area contributed by atoms with Crippen LogP contribution in [0.5, 0.6) is 5.75 Å². The Bertz CT molecular complexity index is 1220. The van der Waals surface area contributed by atoms with Crippen molar-refractivity contribution in [3.8, 4) is 5.75 Å². The maximum Gasteiger partial charge on any atom is 0.459 e. The first-order chi connectivity index (χ1) is 16.4. The summed E-state index contributed by atoms with van der Waals surface area (Å²) in [5.41, 5.74) is -4.21. The molecular weight excluding hydrogens is 495 g/mol. The third-order valence-corrected chi connectivity index (χ3v) is 6.82. The zero-order valence-corrected chi connectivity index (χ0v) is 19.7. The molecule has 6 atom stereocenters. The second-order valence-electron chi connectivity index (χ2n) is 7.85. The van der Waals surface area contributed by atoms with E-state index in [0.717, 1.165) is 55.1 Å². The predicted molar refractivity (Wildman–Crippen MR) is 116 cm³/mol. The van der Waals surface area contributed by atoms with Crippen LogP contribution >= 0.6 is 7.75 Å². The minimum Gasteiger partial charge on any atom is -0.468 e. The number of benzene rings is 1. The molecule has 1 aliphatic heterocycles. The predicted octanol–water partition coefficient (Wildman–Crippen LogP) is 1.02. The molecule has 12 nitrogen and oxygen atoms in total. The summed E-state index contributed by atoms with van der Waals surface area (Å²) in [6.45, 7) is 1.58. The van der Waals surface area contributed by atoms with Gasteiger partial charge in [-0.2, -0.15) is 5.09 Å². The summed E-state index contributed by atoms with van der Waals surface area (Å²) in [6, 6.07) is 4.18. The second kappa shape index (κ2) is 10.4. The third kappa shape index (κ3) is 6.03. The van der Waals surface area contributed by atoms with E-state index in [2.05, 4.69) is 9.82 Å². The van der Waals surface area contributed by atoms with E-state index >= 15 is 4.39 Å². The molecule has 0 radical (unpaired) electrons. The van der Waals surface area contributed by atoms with Crippen molar-refractivity contribution in [1.29, 1.82) is 0 Å². The van der Waals surface area contributed by atoms with E-state index < -0.39 is 67.5 Å². The molecule has 1 aromatic carbocycles. The van der Waals surface area contributed by atoms with Gasteiger partial charge in [-0.1, -0.05) is 0 Å². The van der Waals surface area contributed by atoms with Crippen molar-refractivity contribution >= 4 is 13.7 Å². The maximum absolute atomic E-state index is 15.4. The van der Waals surface area contributed by atoms with E-state index in [1.54, 1.807) is 0 Å². The lowest BCUT2D eigenvalue weighted by Gasteiger charge is -2.25. The summed E-state index contributed by atoms with van der Waals surface area (Å²) in [4.78, 5) is 37.2. The molecule has 15 heteroatoms. The minimum absolute atomic E-state index is 0.0832. The Hall–Kier alpha value is -2.90. The van der Waals surface area contributed by atoms with E-state index in [4.69, 9.17) is 13.8 Å². The van der Waals surface area contributed by atoms with Crippen LogP contribution < -0.4 is 20.9 Å². The fraction of sp³-hybridized carbons (Fsp3) is 0.450. The number of aromatic nitrogens is 2. The number of halogens is 2. The molecule has 1 fully saturated rings. The van der Waals surface area contributed by atoms with Gasteiger partial charge in [-0.05, 0) is 38.1 Å². The van der Waals surface area contributed by atoms with Gasteiger partial charge in [0.25, 0.3) is 5.56 Å². The third-order valence-electron chi connectivity index (χ3n) is 5.18. The first-order valence-electron chi connectivity index (χ1n) is 10.3. The quantitative estimate of drug-likeness (QED) is 0.323. The number of aromatic amines is 1. The minimum atomic E-state index is -4.41. The number of nitrogens with zero attached hydrogens (tertiary/aromatic N) is 1. The number of rotatable bonds is 9. The van der Waals surface area contributed by atoms with Gasteiger partial charge >= 0.3 is 19.4 Å². The number of aliphatic hydroxyl groups is 1. The normalized spacial score (nSPS) is 26.6. The number of H-pyrrole nitrogens is 1. The number of hydrogen-bond acceptors (Lipinski definition) is 9. The summed E-state index contributed by atoms with van der Waals surface area (Å²) in [6.07, 6.45) is -3.96. The van der Waals surface area contributed by atoms with Crippen LogP contribution in [0.3, 0.4) is 0 Å². The lowest BCUT2D eigenvalue weighted by Crippen LogP contribution is -2.43. The Morgan fingerprint density at radius 1 is 1.34 bits per heavy atom. The van der Waals surface area contributed by atoms with E-state index in [0.29, 0.717) is 0 Å². The molecule has 0 amide bonds. The number of esters is 1. The Labute approximate surface area is 197 Å². The molecule has 1 aromatic heterocycles. The molecule has 2 unspecified atom stereocenters. The van der Waals surface area contributed by atoms with Gasteiger partial charge in [0.1, 0.15) is 29.8 Å². The van der Waals surface area contributed by atoms with Crippen molar-refractivity contribution in [3.05, 3.63) is 63.2 Å². The molecule has 1 saturated heterocycles. The van der Waals surface area contributed by atoms with Gasteiger partial charge in [-0.25, -0.2) is 18.1 Å². The van der Waals surface area contributed by atoms with Crippen LogP contribution in [0.1, 0.15) is 20.1 Å². The van der Waals surface area contributed by atoms with Crippen LogP contribution in [0.2, 0.25) is 0 Å². The highest BCUT2D eigenvalue weighted by atomic mass is 31.2. The van der Waals surface area contributed by atoms with Gasteiger partial charge in [0.05, 0.1) is 13.7 Å². The fourth-order valence-electron chi connectivity index (χ4n) is 3.32. The molecule has 0 spiro atoms. The van der Waals surface area contributed by atoms with Crippen LogP contribution in [0, 0.1) is 5.82 Å². The summed E-state index contributed by atoms with van der Waals surface area (Å²) < 4.78 is 63.4. The van der Waals surface area contributed by atoms with Crippen LogP contribution in [-0.4, -0.2) is 58.3 Å². The van der Waals surface area contributed by atoms with E-state index in [-0.39, 0.29) is 5.75 Å². The molecule has 192 valence electrons.